The van der Waals surface area contributed by atoms with Crippen LogP contribution in [0.15, 0.2) is 12.7 Å². The van der Waals surface area contributed by atoms with Gasteiger partial charge < -0.3 is 18.9 Å². The monoisotopic (exact) mass is 322 g/mol. The minimum Gasteiger partial charge on any atom is -0.458 e. The SMILES string of the molecule is C=CCC(F)(F)[C@@H]1[C@H](OC)OC[C@@H](OC(C)=O)[C@H]1OC(C)=O. The number of alkyl halides is 2. The Morgan fingerprint density at radius 2 is 1.91 bits per heavy atom. The summed E-state index contributed by atoms with van der Waals surface area (Å²) in [5.41, 5.74) is 0. The number of carbonyl (C=O) groups excluding carboxylic acids is 2. The minimum absolute atomic E-state index is 0.212. The third kappa shape index (κ3) is 4.48. The highest BCUT2D eigenvalue weighted by atomic mass is 19.3. The number of hydrogen-bond donors (Lipinski definition) is 0. The summed E-state index contributed by atoms with van der Waals surface area (Å²) < 4.78 is 48.9. The van der Waals surface area contributed by atoms with Crippen LogP contribution in [0.4, 0.5) is 8.78 Å². The number of ether oxygens (including phenoxy) is 4. The lowest BCUT2D eigenvalue weighted by Crippen LogP contribution is -2.58. The van der Waals surface area contributed by atoms with E-state index < -0.39 is 48.7 Å². The van der Waals surface area contributed by atoms with E-state index in [0.717, 1.165) is 19.9 Å². The maximum atomic E-state index is 14.4. The molecule has 0 bridgehead atoms. The second-order valence-electron chi connectivity index (χ2n) is 4.94. The van der Waals surface area contributed by atoms with Crippen molar-refractivity contribution in [1.82, 2.24) is 0 Å². The van der Waals surface area contributed by atoms with Crippen LogP contribution in [0.3, 0.4) is 0 Å². The van der Waals surface area contributed by atoms with Gasteiger partial charge >= 0.3 is 11.9 Å². The number of esters is 2. The molecule has 0 aromatic heterocycles. The fraction of sp³-hybridized carbons (Fsp3) is 0.714. The van der Waals surface area contributed by atoms with Gasteiger partial charge in [-0.25, -0.2) is 8.78 Å². The lowest BCUT2D eigenvalue weighted by molar-refractivity contribution is -0.292. The molecule has 1 aliphatic rings. The van der Waals surface area contributed by atoms with Crippen LogP contribution in [-0.2, 0) is 28.5 Å². The number of allylic oxidation sites excluding steroid dienone is 1. The van der Waals surface area contributed by atoms with Crippen molar-refractivity contribution in [3.8, 4) is 0 Å². The summed E-state index contributed by atoms with van der Waals surface area (Å²) in [6.07, 6.45) is -3.42. The Bertz CT molecular complexity index is 426. The molecule has 6 nitrogen and oxygen atoms in total. The molecule has 22 heavy (non-hydrogen) atoms. The fourth-order valence-electron chi connectivity index (χ4n) is 2.41. The summed E-state index contributed by atoms with van der Waals surface area (Å²) in [4.78, 5) is 22.4. The zero-order valence-electron chi connectivity index (χ0n) is 12.7. The Morgan fingerprint density at radius 3 is 2.36 bits per heavy atom. The molecule has 0 amide bonds. The van der Waals surface area contributed by atoms with E-state index in [1.165, 1.54) is 7.11 Å². The van der Waals surface area contributed by atoms with Crippen LogP contribution in [0.2, 0.25) is 0 Å². The molecule has 0 unspecified atom stereocenters. The maximum absolute atomic E-state index is 14.4. The van der Waals surface area contributed by atoms with Crippen LogP contribution in [0, 0.1) is 5.92 Å². The average Bonchev–Trinajstić information content (AvgIpc) is 2.38. The van der Waals surface area contributed by atoms with Gasteiger partial charge in [0.25, 0.3) is 5.92 Å². The predicted molar refractivity (Wildman–Crippen MR) is 71.1 cm³/mol. The molecule has 0 radical (unpaired) electrons. The largest absolute Gasteiger partial charge is 0.458 e. The molecule has 0 N–H and O–H groups in total. The molecule has 1 saturated heterocycles. The molecule has 8 heteroatoms. The van der Waals surface area contributed by atoms with Crippen molar-refractivity contribution < 1.29 is 37.3 Å². The summed E-state index contributed by atoms with van der Waals surface area (Å²) >= 11 is 0. The first-order valence-electron chi connectivity index (χ1n) is 6.70. The second kappa shape index (κ2) is 7.64. The molecule has 0 aromatic rings. The van der Waals surface area contributed by atoms with E-state index in [-0.39, 0.29) is 6.61 Å². The molecule has 0 aliphatic carbocycles. The van der Waals surface area contributed by atoms with Gasteiger partial charge in [0.2, 0.25) is 0 Å². The van der Waals surface area contributed by atoms with Crippen LogP contribution >= 0.6 is 0 Å². The van der Waals surface area contributed by atoms with Crippen LogP contribution in [0.25, 0.3) is 0 Å². The Morgan fingerprint density at radius 1 is 1.32 bits per heavy atom. The lowest BCUT2D eigenvalue weighted by atomic mass is 9.86. The molecule has 0 aromatic carbocycles. The predicted octanol–water partition coefficient (Wildman–Crippen LogP) is 1.68. The highest BCUT2D eigenvalue weighted by Crippen LogP contribution is 2.40. The minimum atomic E-state index is -3.32. The second-order valence-corrected chi connectivity index (χ2v) is 4.94. The first kappa shape index (κ1) is 18.5. The number of methoxy groups -OCH3 is 1. The molecule has 1 aliphatic heterocycles. The molecule has 1 rings (SSSR count). The highest BCUT2D eigenvalue weighted by Gasteiger charge is 2.56. The van der Waals surface area contributed by atoms with Crippen LogP contribution < -0.4 is 0 Å². The average molecular weight is 322 g/mol. The van der Waals surface area contributed by atoms with E-state index in [9.17, 15) is 18.4 Å². The molecule has 0 spiro atoms. The lowest BCUT2D eigenvalue weighted by Gasteiger charge is -2.43. The van der Waals surface area contributed by atoms with Gasteiger partial charge in [-0.2, -0.15) is 0 Å². The van der Waals surface area contributed by atoms with Gasteiger partial charge in [-0.1, -0.05) is 6.08 Å². The first-order valence-corrected chi connectivity index (χ1v) is 6.70. The van der Waals surface area contributed by atoms with E-state index in [1.54, 1.807) is 0 Å². The summed E-state index contributed by atoms with van der Waals surface area (Å²) in [5, 5.41) is 0. The number of carbonyl (C=O) groups is 2. The third-order valence-corrected chi connectivity index (χ3v) is 3.19. The molecule has 4 atom stereocenters. The van der Waals surface area contributed by atoms with Crippen molar-refractivity contribution in [2.45, 2.75) is 44.7 Å². The van der Waals surface area contributed by atoms with Gasteiger partial charge in [-0.15, -0.1) is 6.58 Å². The van der Waals surface area contributed by atoms with E-state index in [4.69, 9.17) is 18.9 Å². The van der Waals surface area contributed by atoms with Crippen LogP contribution in [0.5, 0.6) is 0 Å². The maximum Gasteiger partial charge on any atom is 0.303 e. The molecule has 1 heterocycles. The Balaban J connectivity index is 3.16. The fourth-order valence-corrected chi connectivity index (χ4v) is 2.41. The molecular weight excluding hydrogens is 302 g/mol. The summed E-state index contributed by atoms with van der Waals surface area (Å²) in [6, 6.07) is 0. The van der Waals surface area contributed by atoms with Crippen LogP contribution in [-0.4, -0.2) is 50.1 Å². The quantitative estimate of drug-likeness (QED) is 0.547. The number of hydrogen-bond acceptors (Lipinski definition) is 6. The molecule has 126 valence electrons. The molecule has 0 saturated carbocycles. The topological polar surface area (TPSA) is 71.1 Å². The van der Waals surface area contributed by atoms with Gasteiger partial charge in [-0.05, 0) is 0 Å². The van der Waals surface area contributed by atoms with Crippen molar-refractivity contribution in [3.05, 3.63) is 12.7 Å². The van der Waals surface area contributed by atoms with Gasteiger partial charge in [-0.3, -0.25) is 9.59 Å². The van der Waals surface area contributed by atoms with E-state index in [0.29, 0.717) is 0 Å². The zero-order valence-corrected chi connectivity index (χ0v) is 12.7. The normalized spacial score (nSPS) is 28.8. The van der Waals surface area contributed by atoms with Crippen molar-refractivity contribution in [1.29, 1.82) is 0 Å². The standard InChI is InChI=1S/C14H20F2O6/c1-5-6-14(15,16)11-12(22-9(3)18)10(21-8(2)17)7-20-13(11)19-4/h5,10-13H,1,6-7H2,2-4H3/t10-,11+,12-,13-/m1/s1. The van der Waals surface area contributed by atoms with Crippen molar-refractivity contribution >= 4 is 11.9 Å². The number of rotatable bonds is 6. The van der Waals surface area contributed by atoms with E-state index in [1.807, 2.05) is 0 Å². The smallest absolute Gasteiger partial charge is 0.303 e. The van der Waals surface area contributed by atoms with Crippen LogP contribution in [0.1, 0.15) is 20.3 Å². The highest BCUT2D eigenvalue weighted by molar-refractivity contribution is 5.67. The third-order valence-electron chi connectivity index (χ3n) is 3.19. The van der Waals surface area contributed by atoms with Crippen molar-refractivity contribution in [2.75, 3.05) is 13.7 Å². The molecular formula is C14H20F2O6. The Labute approximate surface area is 127 Å². The van der Waals surface area contributed by atoms with E-state index >= 15 is 0 Å². The van der Waals surface area contributed by atoms with Gasteiger partial charge in [0.05, 0.1) is 6.61 Å². The van der Waals surface area contributed by atoms with Crippen molar-refractivity contribution in [2.24, 2.45) is 5.92 Å². The zero-order chi connectivity index (χ0) is 16.9. The van der Waals surface area contributed by atoms with E-state index in [2.05, 4.69) is 6.58 Å². The Kier molecular flexibility index (Phi) is 6.43. The summed E-state index contributed by atoms with van der Waals surface area (Å²) in [5.74, 6) is -6.40. The van der Waals surface area contributed by atoms with Gasteiger partial charge in [0, 0.05) is 27.4 Å². The molecule has 1 fully saturated rings. The number of halogens is 2. The van der Waals surface area contributed by atoms with Gasteiger partial charge in [0.1, 0.15) is 5.92 Å². The summed E-state index contributed by atoms with van der Waals surface area (Å²) in [6.45, 7) is 5.30. The Hall–Kier alpha value is -1.54. The summed E-state index contributed by atoms with van der Waals surface area (Å²) in [7, 11) is 1.21. The van der Waals surface area contributed by atoms with Crippen molar-refractivity contribution in [3.63, 3.8) is 0 Å². The van der Waals surface area contributed by atoms with Gasteiger partial charge in [0.15, 0.2) is 18.5 Å². The first-order chi connectivity index (χ1) is 10.2.